The van der Waals surface area contributed by atoms with Gasteiger partial charge in [-0.05, 0) is 30.7 Å². The van der Waals surface area contributed by atoms with Crippen LogP contribution in [0.2, 0.25) is 0 Å². The van der Waals surface area contributed by atoms with Gasteiger partial charge in [-0.2, -0.15) is 0 Å². The van der Waals surface area contributed by atoms with Crippen molar-refractivity contribution in [1.29, 1.82) is 0 Å². The van der Waals surface area contributed by atoms with Gasteiger partial charge in [0.2, 0.25) is 11.8 Å². The van der Waals surface area contributed by atoms with Crippen LogP contribution in [0.1, 0.15) is 57.6 Å². The zero-order valence-corrected chi connectivity index (χ0v) is 14.3. The van der Waals surface area contributed by atoms with E-state index in [0.29, 0.717) is 18.8 Å². The standard InChI is InChI=1S/C19H28N2O2/c1-15(2)13-19(23)21-12-8-4-7-11-20-18(22)14-17(21)16-9-5-3-6-10-16/h3,5-6,9-10,15,17H,4,7-8,11-14H2,1-2H3,(H,20,22). The van der Waals surface area contributed by atoms with Crippen LogP contribution in [0, 0.1) is 5.92 Å². The fraction of sp³-hybridized carbons (Fsp3) is 0.579. The van der Waals surface area contributed by atoms with Crippen LogP contribution in [-0.4, -0.2) is 29.8 Å². The van der Waals surface area contributed by atoms with E-state index in [1.54, 1.807) is 0 Å². The maximum atomic E-state index is 12.8. The minimum absolute atomic E-state index is 0.0306. The van der Waals surface area contributed by atoms with Gasteiger partial charge in [-0.3, -0.25) is 9.59 Å². The van der Waals surface area contributed by atoms with E-state index in [1.807, 2.05) is 35.2 Å². The van der Waals surface area contributed by atoms with Crippen molar-refractivity contribution in [3.05, 3.63) is 35.9 Å². The van der Waals surface area contributed by atoms with Crippen LogP contribution in [0.15, 0.2) is 30.3 Å². The van der Waals surface area contributed by atoms with Gasteiger partial charge in [-0.15, -0.1) is 0 Å². The van der Waals surface area contributed by atoms with Gasteiger partial charge in [0, 0.05) is 19.5 Å². The number of nitrogens with one attached hydrogen (secondary N) is 1. The Morgan fingerprint density at radius 2 is 1.96 bits per heavy atom. The minimum atomic E-state index is -0.166. The monoisotopic (exact) mass is 316 g/mol. The lowest BCUT2D eigenvalue weighted by molar-refractivity contribution is -0.136. The largest absolute Gasteiger partial charge is 0.356 e. The van der Waals surface area contributed by atoms with E-state index in [1.165, 1.54) is 0 Å². The quantitative estimate of drug-likeness (QED) is 0.930. The molecule has 2 rings (SSSR count). The number of nitrogens with zero attached hydrogens (tertiary/aromatic N) is 1. The SMILES string of the molecule is CC(C)CC(=O)N1CCCCCNC(=O)CC1c1ccccc1. The number of hydrogen-bond donors (Lipinski definition) is 1. The number of carbonyl (C=O) groups excluding carboxylic acids is 2. The third kappa shape index (κ3) is 5.38. The Morgan fingerprint density at radius 3 is 2.65 bits per heavy atom. The number of carbonyl (C=O) groups is 2. The summed E-state index contributed by atoms with van der Waals surface area (Å²) in [7, 11) is 0. The Bertz CT molecular complexity index is 513. The van der Waals surface area contributed by atoms with Gasteiger partial charge < -0.3 is 10.2 Å². The summed E-state index contributed by atoms with van der Waals surface area (Å²) in [6.45, 7) is 5.59. The second-order valence-corrected chi connectivity index (χ2v) is 6.73. The highest BCUT2D eigenvalue weighted by molar-refractivity contribution is 5.80. The third-order valence-corrected chi connectivity index (χ3v) is 4.24. The predicted molar refractivity (Wildman–Crippen MR) is 91.8 cm³/mol. The van der Waals surface area contributed by atoms with E-state index in [9.17, 15) is 9.59 Å². The van der Waals surface area contributed by atoms with Gasteiger partial charge in [-0.25, -0.2) is 0 Å². The summed E-state index contributed by atoms with van der Waals surface area (Å²) in [4.78, 5) is 26.9. The maximum Gasteiger partial charge on any atom is 0.223 e. The molecule has 23 heavy (non-hydrogen) atoms. The van der Waals surface area contributed by atoms with Crippen molar-refractivity contribution < 1.29 is 9.59 Å². The van der Waals surface area contributed by atoms with Crippen LogP contribution in [0.25, 0.3) is 0 Å². The molecule has 0 aromatic heterocycles. The first-order valence-electron chi connectivity index (χ1n) is 8.69. The molecule has 1 aromatic rings. The van der Waals surface area contributed by atoms with E-state index in [2.05, 4.69) is 19.2 Å². The summed E-state index contributed by atoms with van der Waals surface area (Å²) in [5.41, 5.74) is 1.04. The molecular weight excluding hydrogens is 288 g/mol. The molecule has 1 N–H and O–H groups in total. The van der Waals surface area contributed by atoms with E-state index >= 15 is 0 Å². The molecule has 1 heterocycles. The van der Waals surface area contributed by atoms with Crippen molar-refractivity contribution in [2.24, 2.45) is 5.92 Å². The Hall–Kier alpha value is -1.84. The maximum absolute atomic E-state index is 12.8. The summed E-state index contributed by atoms with van der Waals surface area (Å²) in [5.74, 6) is 0.508. The molecule has 4 heteroatoms. The van der Waals surface area contributed by atoms with Crippen molar-refractivity contribution in [3.63, 3.8) is 0 Å². The highest BCUT2D eigenvalue weighted by atomic mass is 16.2. The molecule has 1 fully saturated rings. The molecule has 0 aliphatic carbocycles. The van der Waals surface area contributed by atoms with Crippen molar-refractivity contribution in [1.82, 2.24) is 10.2 Å². The lowest BCUT2D eigenvalue weighted by Gasteiger charge is -2.33. The number of rotatable bonds is 3. The van der Waals surface area contributed by atoms with Crippen molar-refractivity contribution in [2.75, 3.05) is 13.1 Å². The lowest BCUT2D eigenvalue weighted by Crippen LogP contribution is -2.40. The first-order chi connectivity index (χ1) is 11.1. The van der Waals surface area contributed by atoms with Gasteiger partial charge in [0.1, 0.15) is 0 Å². The first kappa shape index (κ1) is 17.5. The molecule has 1 aromatic carbocycles. The van der Waals surface area contributed by atoms with E-state index in [0.717, 1.165) is 37.9 Å². The summed E-state index contributed by atoms with van der Waals surface area (Å²) in [6.07, 6.45) is 3.88. The average Bonchev–Trinajstić information content (AvgIpc) is 2.53. The Balaban J connectivity index is 2.27. The van der Waals surface area contributed by atoms with Crippen molar-refractivity contribution in [3.8, 4) is 0 Å². The van der Waals surface area contributed by atoms with E-state index in [4.69, 9.17) is 0 Å². The zero-order chi connectivity index (χ0) is 16.7. The molecule has 1 atom stereocenters. The summed E-state index contributed by atoms with van der Waals surface area (Å²) < 4.78 is 0. The predicted octanol–water partition coefficient (Wildman–Crippen LogP) is 3.29. The molecule has 0 saturated carbocycles. The molecule has 0 spiro atoms. The second-order valence-electron chi connectivity index (χ2n) is 6.73. The van der Waals surface area contributed by atoms with Crippen LogP contribution < -0.4 is 5.32 Å². The molecule has 1 aliphatic rings. The van der Waals surface area contributed by atoms with Crippen LogP contribution in [0.4, 0.5) is 0 Å². The van der Waals surface area contributed by atoms with Gasteiger partial charge in [0.25, 0.3) is 0 Å². The molecule has 2 amide bonds. The number of benzene rings is 1. The molecule has 4 nitrogen and oxygen atoms in total. The highest BCUT2D eigenvalue weighted by Crippen LogP contribution is 2.27. The van der Waals surface area contributed by atoms with E-state index < -0.39 is 0 Å². The Morgan fingerprint density at radius 1 is 1.22 bits per heavy atom. The molecule has 1 aliphatic heterocycles. The first-order valence-corrected chi connectivity index (χ1v) is 8.69. The fourth-order valence-electron chi connectivity index (χ4n) is 3.06. The van der Waals surface area contributed by atoms with Crippen LogP contribution in [-0.2, 0) is 9.59 Å². The normalized spacial score (nSPS) is 20.2. The molecular formula is C19H28N2O2. The zero-order valence-electron chi connectivity index (χ0n) is 14.3. The van der Waals surface area contributed by atoms with Gasteiger partial charge in [0.05, 0.1) is 12.5 Å². The topological polar surface area (TPSA) is 49.4 Å². The Labute approximate surface area is 139 Å². The molecule has 0 radical (unpaired) electrons. The van der Waals surface area contributed by atoms with Crippen molar-refractivity contribution >= 4 is 11.8 Å². The van der Waals surface area contributed by atoms with E-state index in [-0.39, 0.29) is 17.9 Å². The smallest absolute Gasteiger partial charge is 0.223 e. The average molecular weight is 316 g/mol. The van der Waals surface area contributed by atoms with Gasteiger partial charge in [0.15, 0.2) is 0 Å². The van der Waals surface area contributed by atoms with Crippen LogP contribution in [0.5, 0.6) is 0 Å². The molecule has 1 unspecified atom stereocenters. The summed E-state index contributed by atoms with van der Waals surface area (Å²) >= 11 is 0. The second kappa shape index (κ2) is 8.70. The van der Waals surface area contributed by atoms with Crippen LogP contribution >= 0.6 is 0 Å². The number of hydrogen-bond acceptors (Lipinski definition) is 2. The number of amides is 2. The molecule has 126 valence electrons. The summed E-state index contributed by atoms with van der Waals surface area (Å²) in [6, 6.07) is 9.76. The lowest BCUT2D eigenvalue weighted by atomic mass is 9.98. The highest BCUT2D eigenvalue weighted by Gasteiger charge is 2.27. The Kier molecular flexibility index (Phi) is 6.63. The molecule has 0 bridgehead atoms. The van der Waals surface area contributed by atoms with Crippen molar-refractivity contribution in [2.45, 2.75) is 52.0 Å². The summed E-state index contributed by atoms with van der Waals surface area (Å²) in [5, 5.41) is 2.98. The minimum Gasteiger partial charge on any atom is -0.356 e. The third-order valence-electron chi connectivity index (χ3n) is 4.24. The van der Waals surface area contributed by atoms with Gasteiger partial charge >= 0.3 is 0 Å². The molecule has 1 saturated heterocycles. The van der Waals surface area contributed by atoms with Gasteiger partial charge in [-0.1, -0.05) is 44.2 Å². The van der Waals surface area contributed by atoms with Crippen LogP contribution in [0.3, 0.4) is 0 Å². The fourth-order valence-corrected chi connectivity index (χ4v) is 3.06.